The third kappa shape index (κ3) is 2.47. The van der Waals surface area contributed by atoms with E-state index in [4.69, 9.17) is 0 Å². The van der Waals surface area contributed by atoms with E-state index in [2.05, 4.69) is 0 Å². The molecule has 4 nitrogen and oxygen atoms in total. The summed E-state index contributed by atoms with van der Waals surface area (Å²) in [7, 11) is 0. The maximum Gasteiger partial charge on any atom is 0.336 e. The molecule has 19 heavy (non-hydrogen) atoms. The van der Waals surface area contributed by atoms with Gasteiger partial charge in [-0.2, -0.15) is 0 Å². The molecule has 2 aromatic carbocycles. The van der Waals surface area contributed by atoms with Gasteiger partial charge in [0.1, 0.15) is 0 Å². The zero-order chi connectivity index (χ0) is 14.0. The van der Waals surface area contributed by atoms with Crippen molar-refractivity contribution in [2.24, 2.45) is 0 Å². The summed E-state index contributed by atoms with van der Waals surface area (Å²) in [4.78, 5) is 22.7. The normalized spacial score (nSPS) is 10.2. The number of aryl methyl sites for hydroxylation is 1. The average Bonchev–Trinajstić information content (AvgIpc) is 2.38. The zero-order valence-corrected chi connectivity index (χ0v) is 10.3. The van der Waals surface area contributed by atoms with Crippen LogP contribution in [-0.4, -0.2) is 22.2 Å². The van der Waals surface area contributed by atoms with Crippen molar-refractivity contribution in [3.05, 3.63) is 59.2 Å². The van der Waals surface area contributed by atoms with Crippen LogP contribution < -0.4 is 0 Å². The number of hydrogen-bond donors (Lipinski definition) is 2. The van der Waals surface area contributed by atoms with E-state index in [0.717, 1.165) is 0 Å². The lowest BCUT2D eigenvalue weighted by Crippen LogP contribution is -2.08. The summed E-state index contributed by atoms with van der Waals surface area (Å²) in [6, 6.07) is 11.6. The van der Waals surface area contributed by atoms with E-state index in [-0.39, 0.29) is 16.7 Å². The Hall–Kier alpha value is -2.62. The van der Waals surface area contributed by atoms with Gasteiger partial charge in [0.15, 0.2) is 0 Å². The SMILES string of the molecule is Cc1cc(C(=O)O)c(-c2ccccc2)c(C(=O)O)c1. The first kappa shape index (κ1) is 12.8. The predicted molar refractivity (Wildman–Crippen MR) is 70.5 cm³/mol. The van der Waals surface area contributed by atoms with Gasteiger partial charge in [0, 0.05) is 5.56 Å². The van der Waals surface area contributed by atoms with E-state index >= 15 is 0 Å². The molecular weight excluding hydrogens is 244 g/mol. The summed E-state index contributed by atoms with van der Waals surface area (Å²) in [6.45, 7) is 1.67. The van der Waals surface area contributed by atoms with E-state index in [1.165, 1.54) is 12.1 Å². The highest BCUT2D eigenvalue weighted by Gasteiger charge is 2.20. The molecule has 0 saturated carbocycles. The number of carboxylic acid groups (broad SMARTS) is 2. The Labute approximate surface area is 109 Å². The average molecular weight is 256 g/mol. The van der Waals surface area contributed by atoms with Gasteiger partial charge in [-0.05, 0) is 30.2 Å². The first-order valence-corrected chi connectivity index (χ1v) is 5.67. The van der Waals surface area contributed by atoms with E-state index in [9.17, 15) is 19.8 Å². The molecule has 0 aliphatic heterocycles. The van der Waals surface area contributed by atoms with Crippen LogP contribution in [0.4, 0.5) is 0 Å². The van der Waals surface area contributed by atoms with Gasteiger partial charge in [-0.15, -0.1) is 0 Å². The molecule has 0 aliphatic rings. The highest BCUT2D eigenvalue weighted by Crippen LogP contribution is 2.29. The van der Waals surface area contributed by atoms with Crippen LogP contribution in [0, 0.1) is 6.92 Å². The van der Waals surface area contributed by atoms with Gasteiger partial charge in [-0.1, -0.05) is 30.3 Å². The molecule has 96 valence electrons. The summed E-state index contributed by atoms with van der Waals surface area (Å²) in [6.07, 6.45) is 0. The maximum atomic E-state index is 11.3. The fourth-order valence-electron chi connectivity index (χ4n) is 2.04. The number of carboxylic acids is 2. The summed E-state index contributed by atoms with van der Waals surface area (Å²) in [5, 5.41) is 18.5. The van der Waals surface area contributed by atoms with Gasteiger partial charge >= 0.3 is 11.9 Å². The minimum atomic E-state index is -1.13. The van der Waals surface area contributed by atoms with Gasteiger partial charge in [-0.3, -0.25) is 0 Å². The van der Waals surface area contributed by atoms with Crippen molar-refractivity contribution < 1.29 is 19.8 Å². The van der Waals surface area contributed by atoms with E-state index in [1.54, 1.807) is 37.3 Å². The van der Waals surface area contributed by atoms with Gasteiger partial charge in [0.05, 0.1) is 11.1 Å². The predicted octanol–water partition coefficient (Wildman–Crippen LogP) is 3.06. The Morgan fingerprint density at radius 3 is 1.79 bits per heavy atom. The lowest BCUT2D eigenvalue weighted by atomic mass is 9.92. The van der Waals surface area contributed by atoms with Crippen molar-refractivity contribution in [1.82, 2.24) is 0 Å². The largest absolute Gasteiger partial charge is 0.478 e. The first-order valence-electron chi connectivity index (χ1n) is 5.67. The smallest absolute Gasteiger partial charge is 0.336 e. The van der Waals surface area contributed by atoms with E-state index < -0.39 is 11.9 Å². The maximum absolute atomic E-state index is 11.3. The Kier molecular flexibility index (Phi) is 3.33. The monoisotopic (exact) mass is 256 g/mol. The van der Waals surface area contributed by atoms with Crippen molar-refractivity contribution in [3.63, 3.8) is 0 Å². The molecule has 0 heterocycles. The minimum absolute atomic E-state index is 0.00333. The van der Waals surface area contributed by atoms with Crippen molar-refractivity contribution >= 4 is 11.9 Å². The number of aromatic carboxylic acids is 2. The third-order valence-electron chi connectivity index (χ3n) is 2.81. The van der Waals surface area contributed by atoms with Crippen LogP contribution in [0.3, 0.4) is 0 Å². The molecule has 0 aliphatic carbocycles. The Morgan fingerprint density at radius 1 is 0.895 bits per heavy atom. The molecule has 0 amide bonds. The second-order valence-electron chi connectivity index (χ2n) is 4.21. The molecule has 0 fully saturated rings. The van der Waals surface area contributed by atoms with Gasteiger partial charge in [-0.25, -0.2) is 9.59 Å². The molecule has 0 aromatic heterocycles. The van der Waals surface area contributed by atoms with Crippen LogP contribution in [0.2, 0.25) is 0 Å². The molecule has 0 radical (unpaired) electrons. The molecule has 0 spiro atoms. The quantitative estimate of drug-likeness (QED) is 0.885. The van der Waals surface area contributed by atoms with Crippen LogP contribution in [-0.2, 0) is 0 Å². The Balaban J connectivity index is 2.82. The third-order valence-corrected chi connectivity index (χ3v) is 2.81. The molecular formula is C15H12O4. The van der Waals surface area contributed by atoms with Crippen LogP contribution in [0.1, 0.15) is 26.3 Å². The summed E-state index contributed by atoms with van der Waals surface area (Å²) < 4.78 is 0. The molecule has 0 bridgehead atoms. The van der Waals surface area contributed by atoms with Gasteiger partial charge < -0.3 is 10.2 Å². The van der Waals surface area contributed by atoms with Crippen molar-refractivity contribution in [2.45, 2.75) is 6.92 Å². The fraction of sp³-hybridized carbons (Fsp3) is 0.0667. The second kappa shape index (κ2) is 4.94. The number of carbonyl (C=O) groups is 2. The minimum Gasteiger partial charge on any atom is -0.478 e. The highest BCUT2D eigenvalue weighted by molar-refractivity contribution is 6.05. The van der Waals surface area contributed by atoms with Crippen LogP contribution in [0.5, 0.6) is 0 Å². The molecule has 0 unspecified atom stereocenters. The first-order chi connectivity index (χ1) is 9.00. The molecule has 0 saturated heterocycles. The van der Waals surface area contributed by atoms with Crippen LogP contribution in [0.15, 0.2) is 42.5 Å². The van der Waals surface area contributed by atoms with E-state index in [0.29, 0.717) is 11.1 Å². The van der Waals surface area contributed by atoms with Crippen molar-refractivity contribution in [3.8, 4) is 11.1 Å². The molecule has 2 N–H and O–H groups in total. The highest BCUT2D eigenvalue weighted by atomic mass is 16.4. The molecule has 0 atom stereocenters. The topological polar surface area (TPSA) is 74.6 Å². The summed E-state index contributed by atoms with van der Waals surface area (Å²) >= 11 is 0. The Bertz CT molecular complexity index is 609. The zero-order valence-electron chi connectivity index (χ0n) is 10.3. The van der Waals surface area contributed by atoms with Crippen LogP contribution in [0.25, 0.3) is 11.1 Å². The molecule has 4 heteroatoms. The summed E-state index contributed by atoms with van der Waals surface area (Å²) in [5.74, 6) is -2.27. The molecule has 2 rings (SSSR count). The van der Waals surface area contributed by atoms with Gasteiger partial charge in [0.2, 0.25) is 0 Å². The van der Waals surface area contributed by atoms with Crippen molar-refractivity contribution in [2.75, 3.05) is 0 Å². The second-order valence-corrected chi connectivity index (χ2v) is 4.21. The number of benzene rings is 2. The fourth-order valence-corrected chi connectivity index (χ4v) is 2.04. The number of hydrogen-bond acceptors (Lipinski definition) is 2. The lowest BCUT2D eigenvalue weighted by molar-refractivity contribution is 0.0696. The van der Waals surface area contributed by atoms with E-state index in [1.807, 2.05) is 0 Å². The molecule has 2 aromatic rings. The lowest BCUT2D eigenvalue weighted by Gasteiger charge is -2.11. The van der Waals surface area contributed by atoms with Crippen LogP contribution >= 0.6 is 0 Å². The van der Waals surface area contributed by atoms with Gasteiger partial charge in [0.25, 0.3) is 0 Å². The standard InChI is InChI=1S/C15H12O4/c1-9-7-11(14(16)17)13(12(8-9)15(18)19)10-5-3-2-4-6-10/h2-8H,1H3,(H,16,17)(H,18,19). The van der Waals surface area contributed by atoms with Crippen molar-refractivity contribution in [1.29, 1.82) is 0 Å². The Morgan fingerprint density at radius 2 is 1.37 bits per heavy atom. The number of rotatable bonds is 3. The summed E-state index contributed by atoms with van der Waals surface area (Å²) in [5.41, 5.74) is 1.44.